The largest absolute Gasteiger partial charge is 0.464 e. The standard InChI is InChI=1S/C9H15NO3/c1-2-9(12)13-7-6-10-5-3-4-8(10)11/h2-7H2,1H3. The van der Waals surface area contributed by atoms with Crippen molar-refractivity contribution >= 4 is 11.9 Å². The molecule has 0 bridgehead atoms. The molecule has 1 heterocycles. The number of hydrogen-bond acceptors (Lipinski definition) is 3. The molecule has 1 aliphatic heterocycles. The third kappa shape index (κ3) is 3.05. The van der Waals surface area contributed by atoms with Gasteiger partial charge >= 0.3 is 5.97 Å². The van der Waals surface area contributed by atoms with E-state index < -0.39 is 0 Å². The molecule has 74 valence electrons. The quantitative estimate of drug-likeness (QED) is 0.601. The normalized spacial score (nSPS) is 16.4. The van der Waals surface area contributed by atoms with E-state index in [1.54, 1.807) is 11.8 Å². The number of carbonyl (C=O) groups is 2. The van der Waals surface area contributed by atoms with Crippen molar-refractivity contribution in [3.05, 3.63) is 0 Å². The number of carbonyl (C=O) groups excluding carboxylic acids is 2. The molecule has 0 spiro atoms. The van der Waals surface area contributed by atoms with Crippen LogP contribution in [0.5, 0.6) is 0 Å². The topological polar surface area (TPSA) is 46.6 Å². The highest BCUT2D eigenvalue weighted by Gasteiger charge is 2.19. The lowest BCUT2D eigenvalue weighted by atomic mass is 10.4. The van der Waals surface area contributed by atoms with Crippen LogP contribution in [0.1, 0.15) is 26.2 Å². The lowest BCUT2D eigenvalue weighted by molar-refractivity contribution is -0.144. The van der Waals surface area contributed by atoms with Gasteiger partial charge in [0.05, 0.1) is 6.54 Å². The van der Waals surface area contributed by atoms with E-state index in [1.807, 2.05) is 0 Å². The summed E-state index contributed by atoms with van der Waals surface area (Å²) in [7, 11) is 0. The number of rotatable bonds is 4. The van der Waals surface area contributed by atoms with Crippen LogP contribution in [0.2, 0.25) is 0 Å². The van der Waals surface area contributed by atoms with E-state index in [4.69, 9.17) is 4.74 Å². The lowest BCUT2D eigenvalue weighted by Gasteiger charge is -2.14. The molecule has 1 fully saturated rings. The maximum absolute atomic E-state index is 11.1. The zero-order chi connectivity index (χ0) is 9.68. The van der Waals surface area contributed by atoms with Crippen LogP contribution < -0.4 is 0 Å². The summed E-state index contributed by atoms with van der Waals surface area (Å²) in [5, 5.41) is 0. The van der Waals surface area contributed by atoms with E-state index in [2.05, 4.69) is 0 Å². The minimum absolute atomic E-state index is 0.174. The summed E-state index contributed by atoms with van der Waals surface area (Å²) in [6, 6.07) is 0. The monoisotopic (exact) mass is 185 g/mol. The van der Waals surface area contributed by atoms with Crippen molar-refractivity contribution < 1.29 is 14.3 Å². The van der Waals surface area contributed by atoms with Gasteiger partial charge in [0.25, 0.3) is 0 Å². The molecule has 0 N–H and O–H groups in total. The molecule has 1 amide bonds. The minimum Gasteiger partial charge on any atom is -0.464 e. The molecular formula is C9H15NO3. The van der Waals surface area contributed by atoms with Gasteiger partial charge in [-0.05, 0) is 6.42 Å². The number of hydrogen-bond donors (Lipinski definition) is 0. The Morgan fingerprint density at radius 1 is 1.62 bits per heavy atom. The van der Waals surface area contributed by atoms with Crippen molar-refractivity contribution in [1.29, 1.82) is 0 Å². The second-order valence-electron chi connectivity index (χ2n) is 3.06. The Balaban J connectivity index is 2.12. The van der Waals surface area contributed by atoms with Crippen LogP contribution in [-0.2, 0) is 14.3 Å². The fraction of sp³-hybridized carbons (Fsp3) is 0.778. The van der Waals surface area contributed by atoms with Crippen LogP contribution in [0.15, 0.2) is 0 Å². The summed E-state index contributed by atoms with van der Waals surface area (Å²) in [5.74, 6) is -0.0285. The van der Waals surface area contributed by atoms with Crippen LogP contribution >= 0.6 is 0 Å². The maximum atomic E-state index is 11.1. The first-order valence-electron chi connectivity index (χ1n) is 4.67. The number of ether oxygens (including phenoxy) is 1. The molecule has 4 nitrogen and oxygen atoms in total. The molecule has 13 heavy (non-hydrogen) atoms. The average Bonchev–Trinajstić information content (AvgIpc) is 2.52. The van der Waals surface area contributed by atoms with Crippen molar-refractivity contribution in [1.82, 2.24) is 4.90 Å². The average molecular weight is 185 g/mol. The van der Waals surface area contributed by atoms with Gasteiger partial charge in [0.2, 0.25) is 5.91 Å². The second-order valence-corrected chi connectivity index (χ2v) is 3.06. The Morgan fingerprint density at radius 3 is 2.92 bits per heavy atom. The fourth-order valence-corrected chi connectivity index (χ4v) is 1.31. The number of nitrogens with zero attached hydrogens (tertiary/aromatic N) is 1. The molecular weight excluding hydrogens is 170 g/mol. The Morgan fingerprint density at radius 2 is 2.38 bits per heavy atom. The number of amides is 1. The number of likely N-dealkylation sites (tertiary alicyclic amines) is 1. The van der Waals surface area contributed by atoms with Crippen LogP contribution in [0.4, 0.5) is 0 Å². The van der Waals surface area contributed by atoms with Gasteiger partial charge in [0.1, 0.15) is 6.61 Å². The van der Waals surface area contributed by atoms with E-state index in [-0.39, 0.29) is 11.9 Å². The molecule has 0 aromatic rings. The summed E-state index contributed by atoms with van der Waals surface area (Å²) in [6.07, 6.45) is 1.97. The Labute approximate surface area is 77.8 Å². The van der Waals surface area contributed by atoms with Crippen molar-refractivity contribution in [2.24, 2.45) is 0 Å². The molecule has 0 radical (unpaired) electrons. The molecule has 0 saturated carbocycles. The zero-order valence-corrected chi connectivity index (χ0v) is 7.91. The first kappa shape index (κ1) is 10.0. The van der Waals surface area contributed by atoms with Crippen LogP contribution in [0, 0.1) is 0 Å². The molecule has 4 heteroatoms. The van der Waals surface area contributed by atoms with Gasteiger partial charge in [0.15, 0.2) is 0 Å². The highest BCUT2D eigenvalue weighted by atomic mass is 16.5. The molecule has 1 saturated heterocycles. The van der Waals surface area contributed by atoms with Crippen LogP contribution in [-0.4, -0.2) is 36.5 Å². The summed E-state index contributed by atoms with van der Waals surface area (Å²) >= 11 is 0. The maximum Gasteiger partial charge on any atom is 0.305 e. The second kappa shape index (κ2) is 4.84. The lowest BCUT2D eigenvalue weighted by Crippen LogP contribution is -2.29. The molecule has 1 rings (SSSR count). The van der Waals surface area contributed by atoms with Crippen molar-refractivity contribution in [2.75, 3.05) is 19.7 Å². The van der Waals surface area contributed by atoms with Gasteiger partial charge in [-0.1, -0.05) is 6.92 Å². The Kier molecular flexibility index (Phi) is 3.73. The van der Waals surface area contributed by atoms with Gasteiger partial charge in [0, 0.05) is 19.4 Å². The van der Waals surface area contributed by atoms with Crippen molar-refractivity contribution in [2.45, 2.75) is 26.2 Å². The molecule has 0 atom stereocenters. The van der Waals surface area contributed by atoms with Gasteiger partial charge in [-0.15, -0.1) is 0 Å². The number of esters is 1. The highest BCUT2D eigenvalue weighted by Crippen LogP contribution is 2.08. The Hall–Kier alpha value is -1.06. The van der Waals surface area contributed by atoms with Crippen LogP contribution in [0.3, 0.4) is 0 Å². The smallest absolute Gasteiger partial charge is 0.305 e. The first-order chi connectivity index (χ1) is 6.24. The SMILES string of the molecule is CCC(=O)OCCN1CCCC1=O. The van der Waals surface area contributed by atoms with E-state index in [1.165, 1.54) is 0 Å². The van der Waals surface area contributed by atoms with Crippen molar-refractivity contribution in [3.63, 3.8) is 0 Å². The predicted molar refractivity (Wildman–Crippen MR) is 47.1 cm³/mol. The van der Waals surface area contributed by atoms with E-state index in [0.717, 1.165) is 13.0 Å². The predicted octanol–water partition coefficient (Wildman–Crippen LogP) is 0.562. The molecule has 0 unspecified atom stereocenters. The Bertz CT molecular complexity index is 203. The van der Waals surface area contributed by atoms with Gasteiger partial charge in [-0.2, -0.15) is 0 Å². The summed E-state index contributed by atoms with van der Waals surface area (Å²) in [5.41, 5.74) is 0. The molecule has 0 aromatic heterocycles. The van der Waals surface area contributed by atoms with E-state index in [0.29, 0.717) is 26.0 Å². The summed E-state index contributed by atoms with van der Waals surface area (Å²) < 4.78 is 4.87. The molecule has 1 aliphatic rings. The first-order valence-corrected chi connectivity index (χ1v) is 4.67. The van der Waals surface area contributed by atoms with Gasteiger partial charge in [-0.25, -0.2) is 0 Å². The highest BCUT2D eigenvalue weighted by molar-refractivity contribution is 5.78. The van der Waals surface area contributed by atoms with Crippen molar-refractivity contribution in [3.8, 4) is 0 Å². The van der Waals surface area contributed by atoms with Gasteiger partial charge < -0.3 is 9.64 Å². The summed E-state index contributed by atoms with van der Waals surface area (Å²) in [4.78, 5) is 23.6. The van der Waals surface area contributed by atoms with Crippen LogP contribution in [0.25, 0.3) is 0 Å². The molecule has 0 aromatic carbocycles. The zero-order valence-electron chi connectivity index (χ0n) is 7.91. The third-order valence-electron chi connectivity index (χ3n) is 2.08. The van der Waals surface area contributed by atoms with E-state index >= 15 is 0 Å². The third-order valence-corrected chi connectivity index (χ3v) is 2.08. The summed E-state index contributed by atoms with van der Waals surface area (Å²) in [6.45, 7) is 3.44. The fourth-order valence-electron chi connectivity index (χ4n) is 1.31. The van der Waals surface area contributed by atoms with E-state index in [9.17, 15) is 9.59 Å². The molecule has 0 aliphatic carbocycles. The minimum atomic E-state index is -0.202. The van der Waals surface area contributed by atoms with Gasteiger partial charge in [-0.3, -0.25) is 9.59 Å².